The monoisotopic (exact) mass is 366 g/mol. The van der Waals surface area contributed by atoms with Crippen molar-refractivity contribution in [1.82, 2.24) is 0 Å². The SMILES string of the molecule is O=C(Cl)Cc1cc(Br)ccc1Oc1ccc2c(c1)CCO2. The highest BCUT2D eigenvalue weighted by Gasteiger charge is 2.14. The maximum atomic E-state index is 11.2. The molecule has 0 radical (unpaired) electrons. The number of rotatable bonds is 4. The molecule has 0 bridgehead atoms. The largest absolute Gasteiger partial charge is 0.493 e. The zero-order chi connectivity index (χ0) is 14.8. The van der Waals surface area contributed by atoms with E-state index in [1.165, 1.54) is 0 Å². The number of fused-ring (bicyclic) bond motifs is 1. The van der Waals surface area contributed by atoms with Gasteiger partial charge < -0.3 is 9.47 Å². The van der Waals surface area contributed by atoms with Gasteiger partial charge in [-0.15, -0.1) is 0 Å². The molecule has 1 aliphatic heterocycles. The molecule has 0 saturated heterocycles. The molecule has 3 nitrogen and oxygen atoms in total. The number of halogens is 2. The molecule has 108 valence electrons. The van der Waals surface area contributed by atoms with Crippen LogP contribution in [0.15, 0.2) is 40.9 Å². The van der Waals surface area contributed by atoms with Gasteiger partial charge in [0.25, 0.3) is 0 Å². The Hall–Kier alpha value is -1.52. The standard InChI is InChI=1S/C16H12BrClO3/c17-12-1-3-15(11(7-12)9-16(18)19)21-13-2-4-14-10(8-13)5-6-20-14/h1-4,7-8H,5-6,9H2. The van der Waals surface area contributed by atoms with Crippen LogP contribution in [-0.2, 0) is 17.6 Å². The minimum Gasteiger partial charge on any atom is -0.493 e. The average molecular weight is 368 g/mol. The van der Waals surface area contributed by atoms with E-state index in [0.717, 1.165) is 33.5 Å². The maximum Gasteiger partial charge on any atom is 0.226 e. The van der Waals surface area contributed by atoms with E-state index < -0.39 is 5.24 Å². The van der Waals surface area contributed by atoms with Crippen molar-refractivity contribution < 1.29 is 14.3 Å². The first-order valence-corrected chi connectivity index (χ1v) is 7.69. The average Bonchev–Trinajstić information content (AvgIpc) is 2.88. The van der Waals surface area contributed by atoms with Gasteiger partial charge in [-0.2, -0.15) is 0 Å². The normalized spacial score (nSPS) is 12.7. The summed E-state index contributed by atoms with van der Waals surface area (Å²) in [7, 11) is 0. The number of hydrogen-bond donors (Lipinski definition) is 0. The lowest BCUT2D eigenvalue weighted by atomic mass is 10.1. The number of ether oxygens (including phenoxy) is 2. The van der Waals surface area contributed by atoms with E-state index in [9.17, 15) is 4.79 Å². The van der Waals surface area contributed by atoms with Crippen molar-refractivity contribution in [1.29, 1.82) is 0 Å². The first-order valence-electron chi connectivity index (χ1n) is 6.52. The molecule has 0 saturated carbocycles. The highest BCUT2D eigenvalue weighted by atomic mass is 79.9. The Morgan fingerprint density at radius 1 is 1.29 bits per heavy atom. The Morgan fingerprint density at radius 2 is 2.14 bits per heavy atom. The second-order valence-electron chi connectivity index (χ2n) is 4.75. The van der Waals surface area contributed by atoms with Crippen LogP contribution in [0.5, 0.6) is 17.2 Å². The third-order valence-electron chi connectivity index (χ3n) is 3.24. The summed E-state index contributed by atoms with van der Waals surface area (Å²) in [6.07, 6.45) is 1.02. The molecule has 21 heavy (non-hydrogen) atoms. The molecular weight excluding hydrogens is 356 g/mol. The third-order valence-corrected chi connectivity index (χ3v) is 3.87. The molecular formula is C16H12BrClO3. The van der Waals surface area contributed by atoms with E-state index in [4.69, 9.17) is 21.1 Å². The molecule has 1 aliphatic rings. The van der Waals surface area contributed by atoms with Crippen molar-refractivity contribution in [3.05, 3.63) is 52.0 Å². The lowest BCUT2D eigenvalue weighted by Gasteiger charge is -2.11. The van der Waals surface area contributed by atoms with Crippen molar-refractivity contribution in [2.45, 2.75) is 12.8 Å². The summed E-state index contributed by atoms with van der Waals surface area (Å²) in [5, 5.41) is -0.416. The van der Waals surface area contributed by atoms with Crippen LogP contribution in [0.4, 0.5) is 0 Å². The van der Waals surface area contributed by atoms with Crippen LogP contribution < -0.4 is 9.47 Å². The number of carbonyl (C=O) groups is 1. The minimum atomic E-state index is -0.416. The van der Waals surface area contributed by atoms with Gasteiger partial charge in [0.15, 0.2) is 0 Å². The Bertz CT molecular complexity index is 700. The first kappa shape index (κ1) is 14.4. The predicted molar refractivity (Wildman–Crippen MR) is 84.4 cm³/mol. The molecule has 0 aliphatic carbocycles. The summed E-state index contributed by atoms with van der Waals surface area (Å²) in [5.74, 6) is 2.27. The molecule has 0 amide bonds. The van der Waals surface area contributed by atoms with Crippen LogP contribution in [0.3, 0.4) is 0 Å². The Balaban J connectivity index is 1.89. The highest BCUT2D eigenvalue weighted by Crippen LogP contribution is 2.33. The Morgan fingerprint density at radius 3 is 2.95 bits per heavy atom. The van der Waals surface area contributed by atoms with Crippen LogP contribution in [-0.4, -0.2) is 11.8 Å². The lowest BCUT2D eigenvalue weighted by Crippen LogP contribution is -1.97. The Labute approximate surface area is 136 Å². The second kappa shape index (κ2) is 6.08. The van der Waals surface area contributed by atoms with E-state index in [1.54, 1.807) is 0 Å². The summed E-state index contributed by atoms with van der Waals surface area (Å²) in [5.41, 5.74) is 1.89. The van der Waals surface area contributed by atoms with Gasteiger partial charge in [-0.05, 0) is 48.0 Å². The minimum absolute atomic E-state index is 0.129. The molecule has 0 atom stereocenters. The Kier molecular flexibility index (Phi) is 4.17. The fourth-order valence-corrected chi connectivity index (χ4v) is 2.84. The summed E-state index contributed by atoms with van der Waals surface area (Å²) in [6, 6.07) is 11.3. The fraction of sp³-hybridized carbons (Fsp3) is 0.188. The number of carbonyl (C=O) groups excluding carboxylic acids is 1. The number of benzene rings is 2. The van der Waals surface area contributed by atoms with Gasteiger partial charge in [0.2, 0.25) is 5.24 Å². The van der Waals surface area contributed by atoms with Gasteiger partial charge in [-0.1, -0.05) is 15.9 Å². The molecule has 2 aromatic carbocycles. The second-order valence-corrected chi connectivity index (χ2v) is 6.09. The van der Waals surface area contributed by atoms with Crippen LogP contribution in [0, 0.1) is 0 Å². The van der Waals surface area contributed by atoms with Crippen LogP contribution in [0.25, 0.3) is 0 Å². The molecule has 0 aromatic heterocycles. The van der Waals surface area contributed by atoms with E-state index >= 15 is 0 Å². The zero-order valence-corrected chi connectivity index (χ0v) is 13.4. The lowest BCUT2D eigenvalue weighted by molar-refractivity contribution is -0.111. The van der Waals surface area contributed by atoms with Gasteiger partial charge in [-0.25, -0.2) is 0 Å². The third kappa shape index (κ3) is 3.39. The molecule has 2 aromatic rings. The van der Waals surface area contributed by atoms with Gasteiger partial charge in [-0.3, -0.25) is 4.79 Å². The maximum absolute atomic E-state index is 11.2. The highest BCUT2D eigenvalue weighted by molar-refractivity contribution is 9.10. The fourth-order valence-electron chi connectivity index (χ4n) is 2.29. The van der Waals surface area contributed by atoms with E-state index in [2.05, 4.69) is 15.9 Å². The summed E-state index contributed by atoms with van der Waals surface area (Å²) < 4.78 is 12.3. The van der Waals surface area contributed by atoms with E-state index in [-0.39, 0.29) is 6.42 Å². The molecule has 0 spiro atoms. The molecule has 0 unspecified atom stereocenters. The molecule has 0 N–H and O–H groups in total. The molecule has 0 fully saturated rings. The van der Waals surface area contributed by atoms with Gasteiger partial charge in [0.1, 0.15) is 17.2 Å². The molecule has 5 heteroatoms. The van der Waals surface area contributed by atoms with Gasteiger partial charge in [0, 0.05) is 22.0 Å². The zero-order valence-electron chi connectivity index (χ0n) is 11.1. The van der Waals surface area contributed by atoms with Crippen LogP contribution in [0.1, 0.15) is 11.1 Å². The summed E-state index contributed by atoms with van der Waals surface area (Å²) in [4.78, 5) is 11.2. The summed E-state index contributed by atoms with van der Waals surface area (Å²) in [6.45, 7) is 0.711. The van der Waals surface area contributed by atoms with Crippen molar-refractivity contribution in [3.63, 3.8) is 0 Å². The summed E-state index contributed by atoms with van der Waals surface area (Å²) >= 11 is 8.88. The number of hydrogen-bond acceptors (Lipinski definition) is 3. The van der Waals surface area contributed by atoms with Gasteiger partial charge >= 0.3 is 0 Å². The van der Waals surface area contributed by atoms with Gasteiger partial charge in [0.05, 0.1) is 13.0 Å². The smallest absolute Gasteiger partial charge is 0.226 e. The predicted octanol–water partition coefficient (Wildman–Crippen LogP) is 4.48. The first-order chi connectivity index (χ1) is 10.1. The molecule has 3 rings (SSSR count). The van der Waals surface area contributed by atoms with Crippen LogP contribution in [0.2, 0.25) is 0 Å². The van der Waals surface area contributed by atoms with Crippen molar-refractivity contribution in [2.75, 3.05) is 6.61 Å². The topological polar surface area (TPSA) is 35.5 Å². The van der Waals surface area contributed by atoms with Crippen molar-refractivity contribution >= 4 is 32.8 Å². The van der Waals surface area contributed by atoms with Crippen molar-refractivity contribution in [2.24, 2.45) is 0 Å². The van der Waals surface area contributed by atoms with E-state index in [0.29, 0.717) is 12.4 Å². The quantitative estimate of drug-likeness (QED) is 0.747. The molecule has 1 heterocycles. The van der Waals surface area contributed by atoms with E-state index in [1.807, 2.05) is 36.4 Å². The van der Waals surface area contributed by atoms with Crippen LogP contribution >= 0.6 is 27.5 Å². The van der Waals surface area contributed by atoms with Crippen molar-refractivity contribution in [3.8, 4) is 17.2 Å².